The standard InChI is InChI=1S/C76H146O6/c1-4-7-10-13-16-19-22-25-28-30-31-32-33-34-35-36-37-38-39-40-41-42-43-44-45-47-48-51-54-57-60-63-66-69-75(78)81-72-73(71-80-74(77)68-65-62-59-56-53-50-27-24-21-18-15-12-9-6-3)82-76(79)70-67-64-61-58-55-52-49-46-29-26-23-20-17-14-11-8-5-2/h26,29,73H,4-25,27-28,30-72H2,1-3H3/b29-26-. The Hall–Kier alpha value is -1.85. The molecular formula is C76H146O6. The Balaban J connectivity index is 4.09. The van der Waals surface area contributed by atoms with Crippen LogP contribution in [0, 0.1) is 0 Å². The lowest BCUT2D eigenvalue weighted by atomic mass is 10.0. The highest BCUT2D eigenvalue weighted by molar-refractivity contribution is 5.71. The Morgan fingerprint density at radius 2 is 0.402 bits per heavy atom. The highest BCUT2D eigenvalue weighted by Crippen LogP contribution is 2.20. The maximum atomic E-state index is 12.9. The molecule has 6 nitrogen and oxygen atoms in total. The largest absolute Gasteiger partial charge is 0.462 e. The van der Waals surface area contributed by atoms with Gasteiger partial charge in [-0.15, -0.1) is 0 Å². The van der Waals surface area contributed by atoms with Gasteiger partial charge >= 0.3 is 17.9 Å². The fraction of sp³-hybridized carbons (Fsp3) is 0.934. The summed E-state index contributed by atoms with van der Waals surface area (Å²) in [7, 11) is 0. The lowest BCUT2D eigenvalue weighted by molar-refractivity contribution is -0.167. The number of allylic oxidation sites excluding steroid dienone is 2. The van der Waals surface area contributed by atoms with Gasteiger partial charge in [-0.3, -0.25) is 14.4 Å². The molecule has 0 aliphatic carbocycles. The van der Waals surface area contributed by atoms with Crippen molar-refractivity contribution in [3.63, 3.8) is 0 Å². The van der Waals surface area contributed by atoms with Crippen molar-refractivity contribution in [2.75, 3.05) is 13.2 Å². The van der Waals surface area contributed by atoms with E-state index in [1.165, 1.54) is 340 Å². The van der Waals surface area contributed by atoms with Crippen LogP contribution >= 0.6 is 0 Å². The van der Waals surface area contributed by atoms with Gasteiger partial charge in [0.2, 0.25) is 0 Å². The molecule has 82 heavy (non-hydrogen) atoms. The molecule has 1 unspecified atom stereocenters. The number of hydrogen-bond acceptors (Lipinski definition) is 6. The van der Waals surface area contributed by atoms with E-state index in [4.69, 9.17) is 14.2 Å². The lowest BCUT2D eigenvalue weighted by Crippen LogP contribution is -2.30. The van der Waals surface area contributed by atoms with Gasteiger partial charge in [-0.1, -0.05) is 386 Å². The Kier molecular flexibility index (Phi) is 70.0. The molecule has 0 heterocycles. The Morgan fingerprint density at radius 1 is 0.232 bits per heavy atom. The quantitative estimate of drug-likeness (QED) is 0.0261. The van der Waals surface area contributed by atoms with Gasteiger partial charge in [0, 0.05) is 19.3 Å². The number of rotatable bonds is 71. The summed E-state index contributed by atoms with van der Waals surface area (Å²) in [6.45, 7) is 6.72. The molecule has 0 spiro atoms. The van der Waals surface area contributed by atoms with Crippen LogP contribution in [0.1, 0.15) is 438 Å². The van der Waals surface area contributed by atoms with Crippen LogP contribution in [-0.2, 0) is 28.6 Å². The van der Waals surface area contributed by atoms with E-state index in [2.05, 4.69) is 32.9 Å². The molecule has 0 N–H and O–H groups in total. The topological polar surface area (TPSA) is 78.9 Å². The van der Waals surface area contributed by atoms with Gasteiger partial charge in [-0.05, 0) is 44.9 Å². The van der Waals surface area contributed by atoms with Gasteiger partial charge in [-0.25, -0.2) is 0 Å². The molecule has 1 atom stereocenters. The third kappa shape index (κ3) is 68.9. The summed E-state index contributed by atoms with van der Waals surface area (Å²) in [5, 5.41) is 0. The Bertz CT molecular complexity index is 1280. The Labute approximate surface area is 513 Å². The fourth-order valence-corrected chi connectivity index (χ4v) is 11.9. The SMILES string of the molecule is CCCCCCCC/C=C\CCCCCCCCCC(=O)OC(COC(=O)CCCCCCCCCCCCCCCC)COC(=O)CCCCCCCCCCCCCCCCCCCCCCCCCCCCCCCCCCC. The van der Waals surface area contributed by atoms with Crippen molar-refractivity contribution in [1.29, 1.82) is 0 Å². The second kappa shape index (κ2) is 71.6. The second-order valence-electron chi connectivity index (χ2n) is 25.9. The minimum Gasteiger partial charge on any atom is -0.462 e. The summed E-state index contributed by atoms with van der Waals surface area (Å²) in [6, 6.07) is 0. The minimum atomic E-state index is -0.769. The number of carbonyl (C=O) groups excluding carboxylic acids is 3. The van der Waals surface area contributed by atoms with Crippen molar-refractivity contribution in [1.82, 2.24) is 0 Å². The summed E-state index contributed by atoms with van der Waals surface area (Å²) in [5.41, 5.74) is 0. The molecule has 6 heteroatoms. The molecule has 0 radical (unpaired) electrons. The van der Waals surface area contributed by atoms with Gasteiger partial charge < -0.3 is 14.2 Å². The number of hydrogen-bond donors (Lipinski definition) is 0. The smallest absolute Gasteiger partial charge is 0.306 e. The zero-order chi connectivity index (χ0) is 59.2. The fourth-order valence-electron chi connectivity index (χ4n) is 11.9. The highest BCUT2D eigenvalue weighted by Gasteiger charge is 2.20. The molecule has 0 amide bonds. The molecule has 0 saturated heterocycles. The predicted octanol–water partition coefficient (Wildman–Crippen LogP) is 26.0. The normalized spacial score (nSPS) is 12.0. The summed E-state index contributed by atoms with van der Waals surface area (Å²) in [5.74, 6) is -0.833. The molecule has 486 valence electrons. The minimum absolute atomic E-state index is 0.0649. The van der Waals surface area contributed by atoms with Crippen LogP contribution in [0.4, 0.5) is 0 Å². The third-order valence-corrected chi connectivity index (χ3v) is 17.5. The average molecular weight is 1160 g/mol. The van der Waals surface area contributed by atoms with E-state index >= 15 is 0 Å². The second-order valence-corrected chi connectivity index (χ2v) is 25.9. The lowest BCUT2D eigenvalue weighted by Gasteiger charge is -2.18. The average Bonchev–Trinajstić information content (AvgIpc) is 3.48. The van der Waals surface area contributed by atoms with E-state index in [0.29, 0.717) is 19.3 Å². The van der Waals surface area contributed by atoms with Gasteiger partial charge in [0.25, 0.3) is 0 Å². The third-order valence-electron chi connectivity index (χ3n) is 17.5. The van der Waals surface area contributed by atoms with Gasteiger partial charge in [0.15, 0.2) is 6.10 Å². The van der Waals surface area contributed by atoms with Crippen LogP contribution in [0.3, 0.4) is 0 Å². The molecular weight excluding hydrogens is 1010 g/mol. The van der Waals surface area contributed by atoms with Crippen molar-refractivity contribution >= 4 is 17.9 Å². The van der Waals surface area contributed by atoms with Crippen LogP contribution in [0.5, 0.6) is 0 Å². The molecule has 0 bridgehead atoms. The predicted molar refractivity (Wildman–Crippen MR) is 358 cm³/mol. The molecule has 0 aliphatic rings. The Morgan fingerprint density at radius 3 is 0.610 bits per heavy atom. The molecule has 0 aromatic heterocycles. The van der Waals surface area contributed by atoms with Gasteiger partial charge in [0.05, 0.1) is 0 Å². The van der Waals surface area contributed by atoms with E-state index in [-0.39, 0.29) is 31.1 Å². The van der Waals surface area contributed by atoms with Gasteiger partial charge in [-0.2, -0.15) is 0 Å². The van der Waals surface area contributed by atoms with Crippen molar-refractivity contribution in [3.8, 4) is 0 Å². The van der Waals surface area contributed by atoms with Gasteiger partial charge in [0.1, 0.15) is 13.2 Å². The molecule has 0 rings (SSSR count). The first-order valence-corrected chi connectivity index (χ1v) is 37.7. The summed E-state index contributed by atoms with van der Waals surface area (Å²) < 4.78 is 17.0. The van der Waals surface area contributed by atoms with E-state index in [1.54, 1.807) is 0 Å². The maximum absolute atomic E-state index is 12.9. The molecule has 0 saturated carbocycles. The summed E-state index contributed by atoms with van der Waals surface area (Å²) in [4.78, 5) is 38.4. The number of ether oxygens (including phenoxy) is 3. The molecule has 0 aromatic rings. The van der Waals surface area contributed by atoms with Crippen LogP contribution in [0.15, 0.2) is 12.2 Å². The van der Waals surface area contributed by atoms with Crippen LogP contribution in [0.2, 0.25) is 0 Å². The van der Waals surface area contributed by atoms with Crippen LogP contribution in [0.25, 0.3) is 0 Å². The monoisotopic (exact) mass is 1160 g/mol. The number of unbranched alkanes of at least 4 members (excludes halogenated alkanes) is 58. The van der Waals surface area contributed by atoms with Crippen LogP contribution < -0.4 is 0 Å². The molecule has 0 fully saturated rings. The first kappa shape index (κ1) is 80.2. The van der Waals surface area contributed by atoms with Crippen molar-refractivity contribution in [2.45, 2.75) is 444 Å². The van der Waals surface area contributed by atoms with Crippen molar-refractivity contribution < 1.29 is 28.6 Å². The van der Waals surface area contributed by atoms with E-state index in [1.807, 2.05) is 0 Å². The first-order chi connectivity index (χ1) is 40.5. The molecule has 0 aliphatic heterocycles. The van der Waals surface area contributed by atoms with E-state index in [0.717, 1.165) is 57.8 Å². The number of carbonyl (C=O) groups is 3. The zero-order valence-electron chi connectivity index (χ0n) is 56.1. The summed E-state index contributed by atoms with van der Waals surface area (Å²) in [6.07, 6.45) is 87.0. The van der Waals surface area contributed by atoms with E-state index < -0.39 is 6.10 Å². The van der Waals surface area contributed by atoms with Crippen molar-refractivity contribution in [3.05, 3.63) is 12.2 Å². The number of esters is 3. The first-order valence-electron chi connectivity index (χ1n) is 37.7. The van der Waals surface area contributed by atoms with E-state index in [9.17, 15) is 14.4 Å². The zero-order valence-corrected chi connectivity index (χ0v) is 56.1. The molecule has 0 aromatic carbocycles. The highest BCUT2D eigenvalue weighted by atomic mass is 16.6. The van der Waals surface area contributed by atoms with Crippen LogP contribution in [-0.4, -0.2) is 37.2 Å². The maximum Gasteiger partial charge on any atom is 0.306 e. The van der Waals surface area contributed by atoms with Crippen molar-refractivity contribution in [2.24, 2.45) is 0 Å². The summed E-state index contributed by atoms with van der Waals surface area (Å²) >= 11 is 0.